The maximum atomic E-state index is 11.8. The van der Waals surface area contributed by atoms with E-state index in [4.69, 9.17) is 4.74 Å². The molecule has 0 fully saturated rings. The summed E-state index contributed by atoms with van der Waals surface area (Å²) < 4.78 is 5.25. The van der Waals surface area contributed by atoms with Crippen molar-refractivity contribution in [2.45, 2.75) is 20.8 Å². The normalized spacial score (nSPS) is 10.7. The van der Waals surface area contributed by atoms with Crippen LogP contribution in [-0.4, -0.2) is 36.7 Å². The summed E-state index contributed by atoms with van der Waals surface area (Å²) in [6, 6.07) is 12.4. The van der Waals surface area contributed by atoms with Crippen molar-refractivity contribution in [3.63, 3.8) is 0 Å². The zero-order valence-corrected chi connectivity index (χ0v) is 16.2. The molecule has 1 amide bonds. The molecule has 28 heavy (non-hydrogen) atoms. The van der Waals surface area contributed by atoms with Crippen molar-refractivity contribution in [3.8, 4) is 5.75 Å². The number of hydrazone groups is 1. The van der Waals surface area contributed by atoms with Gasteiger partial charge in [-0.2, -0.15) is 5.10 Å². The van der Waals surface area contributed by atoms with Crippen LogP contribution in [0.25, 0.3) is 0 Å². The molecule has 0 atom stereocenters. The van der Waals surface area contributed by atoms with E-state index in [0.717, 1.165) is 29.9 Å². The van der Waals surface area contributed by atoms with Crippen molar-refractivity contribution in [1.82, 2.24) is 5.43 Å². The Morgan fingerprint density at radius 2 is 1.89 bits per heavy atom. The standard InChI is InChI=1S/C20H24N4O4/c1-4-23(5-2)17-9-7-16(8-10-17)13-21-22-20(25)14-28-19-11-6-15(3)12-18(19)24(26)27/h6-13H,4-5,14H2,1-3H3,(H,22,25)/b21-13+. The van der Waals surface area contributed by atoms with Gasteiger partial charge in [0.25, 0.3) is 5.91 Å². The fourth-order valence-corrected chi connectivity index (χ4v) is 2.61. The summed E-state index contributed by atoms with van der Waals surface area (Å²) in [5.41, 5.74) is 4.87. The Bertz CT molecular complexity index is 846. The largest absolute Gasteiger partial charge is 0.477 e. The molecule has 8 nitrogen and oxygen atoms in total. The molecule has 0 aliphatic heterocycles. The number of ether oxygens (including phenoxy) is 1. The Balaban J connectivity index is 1.88. The van der Waals surface area contributed by atoms with Crippen molar-refractivity contribution in [3.05, 3.63) is 63.7 Å². The Morgan fingerprint density at radius 1 is 1.21 bits per heavy atom. The first-order valence-corrected chi connectivity index (χ1v) is 8.99. The van der Waals surface area contributed by atoms with Gasteiger partial charge in [-0.3, -0.25) is 14.9 Å². The Labute approximate surface area is 164 Å². The number of anilines is 1. The molecule has 0 unspecified atom stereocenters. The second-order valence-corrected chi connectivity index (χ2v) is 6.07. The average Bonchev–Trinajstić information content (AvgIpc) is 2.69. The monoisotopic (exact) mass is 384 g/mol. The second kappa shape index (κ2) is 10.1. The zero-order chi connectivity index (χ0) is 20.5. The predicted molar refractivity (Wildman–Crippen MR) is 109 cm³/mol. The molecule has 0 bridgehead atoms. The van der Waals surface area contributed by atoms with Gasteiger partial charge in [-0.25, -0.2) is 5.43 Å². The third kappa shape index (κ3) is 5.80. The first-order chi connectivity index (χ1) is 13.4. The number of benzene rings is 2. The molecule has 2 aromatic carbocycles. The van der Waals surface area contributed by atoms with Crippen LogP contribution in [0.2, 0.25) is 0 Å². The highest BCUT2D eigenvalue weighted by Crippen LogP contribution is 2.27. The quantitative estimate of drug-likeness (QED) is 0.406. The second-order valence-electron chi connectivity index (χ2n) is 6.07. The molecule has 0 aliphatic carbocycles. The summed E-state index contributed by atoms with van der Waals surface area (Å²) in [4.78, 5) is 24.6. The van der Waals surface area contributed by atoms with Crippen LogP contribution in [0.1, 0.15) is 25.0 Å². The van der Waals surface area contributed by atoms with Gasteiger partial charge in [0.15, 0.2) is 12.4 Å². The van der Waals surface area contributed by atoms with Crippen LogP contribution in [-0.2, 0) is 4.79 Å². The van der Waals surface area contributed by atoms with Crippen LogP contribution in [0.5, 0.6) is 5.75 Å². The highest BCUT2D eigenvalue weighted by atomic mass is 16.6. The van der Waals surface area contributed by atoms with E-state index in [1.165, 1.54) is 18.3 Å². The van der Waals surface area contributed by atoms with Crippen LogP contribution in [0.3, 0.4) is 0 Å². The van der Waals surface area contributed by atoms with E-state index in [-0.39, 0.29) is 18.0 Å². The number of hydrogen-bond acceptors (Lipinski definition) is 6. The van der Waals surface area contributed by atoms with E-state index in [1.54, 1.807) is 13.0 Å². The summed E-state index contributed by atoms with van der Waals surface area (Å²) in [5.74, 6) is -0.465. The molecule has 0 radical (unpaired) electrons. The van der Waals surface area contributed by atoms with Gasteiger partial charge in [-0.05, 0) is 50.1 Å². The Morgan fingerprint density at radius 3 is 2.50 bits per heavy atom. The molecular weight excluding hydrogens is 360 g/mol. The number of hydrogen-bond donors (Lipinski definition) is 1. The van der Waals surface area contributed by atoms with E-state index < -0.39 is 10.8 Å². The van der Waals surface area contributed by atoms with Gasteiger partial charge in [0.1, 0.15) is 0 Å². The fourth-order valence-electron chi connectivity index (χ4n) is 2.61. The number of nitrogens with zero attached hydrogens (tertiary/aromatic N) is 3. The highest BCUT2D eigenvalue weighted by Gasteiger charge is 2.16. The van der Waals surface area contributed by atoms with Crippen LogP contribution >= 0.6 is 0 Å². The molecule has 0 saturated carbocycles. The summed E-state index contributed by atoms with van der Waals surface area (Å²) in [7, 11) is 0. The van der Waals surface area contributed by atoms with Gasteiger partial charge in [0.2, 0.25) is 0 Å². The molecule has 0 saturated heterocycles. The smallest absolute Gasteiger partial charge is 0.311 e. The molecule has 0 spiro atoms. The fraction of sp³-hybridized carbons (Fsp3) is 0.300. The van der Waals surface area contributed by atoms with Crippen molar-refractivity contribution in [1.29, 1.82) is 0 Å². The minimum absolute atomic E-state index is 0.0433. The van der Waals surface area contributed by atoms with Crippen LogP contribution in [0.4, 0.5) is 11.4 Å². The number of carbonyl (C=O) groups excluding carboxylic acids is 1. The first-order valence-electron chi connectivity index (χ1n) is 8.99. The molecule has 0 aliphatic rings. The average molecular weight is 384 g/mol. The zero-order valence-electron chi connectivity index (χ0n) is 16.2. The van der Waals surface area contributed by atoms with Crippen LogP contribution in [0.15, 0.2) is 47.6 Å². The van der Waals surface area contributed by atoms with Gasteiger partial charge in [-0.1, -0.05) is 18.2 Å². The van der Waals surface area contributed by atoms with Gasteiger partial charge in [0.05, 0.1) is 11.1 Å². The maximum absolute atomic E-state index is 11.8. The predicted octanol–water partition coefficient (Wildman–Crippen LogP) is 3.28. The number of amides is 1. The minimum Gasteiger partial charge on any atom is -0.477 e. The SMILES string of the molecule is CCN(CC)c1ccc(/C=N/NC(=O)COc2ccc(C)cc2[N+](=O)[O-])cc1. The van der Waals surface area contributed by atoms with Crippen molar-refractivity contribution >= 4 is 23.5 Å². The van der Waals surface area contributed by atoms with E-state index >= 15 is 0 Å². The summed E-state index contributed by atoms with van der Waals surface area (Å²) in [5, 5.41) is 14.9. The lowest BCUT2D eigenvalue weighted by Crippen LogP contribution is -2.24. The molecule has 0 heterocycles. The van der Waals surface area contributed by atoms with Gasteiger partial charge in [-0.15, -0.1) is 0 Å². The van der Waals surface area contributed by atoms with Crippen LogP contribution in [0, 0.1) is 17.0 Å². The van der Waals surface area contributed by atoms with Crippen molar-refractivity contribution < 1.29 is 14.5 Å². The number of rotatable bonds is 9. The van der Waals surface area contributed by atoms with Crippen molar-refractivity contribution in [2.24, 2.45) is 5.10 Å². The molecular formula is C20H24N4O4. The first kappa shape index (κ1) is 20.9. The Kier molecular flexibility index (Phi) is 7.50. The van der Waals surface area contributed by atoms with E-state index in [0.29, 0.717) is 0 Å². The Hall–Kier alpha value is -3.42. The molecule has 2 rings (SSSR count). The lowest BCUT2D eigenvalue weighted by Gasteiger charge is -2.20. The summed E-state index contributed by atoms with van der Waals surface area (Å²) >= 11 is 0. The lowest BCUT2D eigenvalue weighted by molar-refractivity contribution is -0.385. The van der Waals surface area contributed by atoms with E-state index in [1.807, 2.05) is 24.3 Å². The topological polar surface area (TPSA) is 97.1 Å². The number of nitro benzene ring substituents is 1. The lowest BCUT2D eigenvalue weighted by atomic mass is 10.2. The summed E-state index contributed by atoms with van der Waals surface area (Å²) in [6.07, 6.45) is 1.53. The van der Waals surface area contributed by atoms with Gasteiger partial charge < -0.3 is 9.64 Å². The van der Waals surface area contributed by atoms with Crippen LogP contribution < -0.4 is 15.1 Å². The van der Waals surface area contributed by atoms with Gasteiger partial charge >= 0.3 is 5.69 Å². The number of nitro groups is 1. The molecule has 8 heteroatoms. The third-order valence-electron chi connectivity index (χ3n) is 4.09. The maximum Gasteiger partial charge on any atom is 0.311 e. The summed E-state index contributed by atoms with van der Waals surface area (Å²) in [6.45, 7) is 7.43. The van der Waals surface area contributed by atoms with E-state index in [9.17, 15) is 14.9 Å². The molecule has 0 aromatic heterocycles. The van der Waals surface area contributed by atoms with E-state index in [2.05, 4.69) is 29.3 Å². The van der Waals surface area contributed by atoms with Gasteiger partial charge in [0, 0.05) is 24.8 Å². The molecule has 1 N–H and O–H groups in total. The molecule has 2 aromatic rings. The third-order valence-corrected chi connectivity index (χ3v) is 4.09. The van der Waals surface area contributed by atoms with Crippen molar-refractivity contribution in [2.75, 3.05) is 24.6 Å². The number of aryl methyl sites for hydroxylation is 1. The molecule has 148 valence electrons. The number of carbonyl (C=O) groups is 1. The highest BCUT2D eigenvalue weighted by molar-refractivity contribution is 5.83. The minimum atomic E-state index is -0.541. The number of nitrogens with one attached hydrogen (secondary N) is 1.